The molecule has 0 radical (unpaired) electrons. The summed E-state index contributed by atoms with van der Waals surface area (Å²) in [6.07, 6.45) is 0.926. The third kappa shape index (κ3) is 4.10. The van der Waals surface area contributed by atoms with Gasteiger partial charge in [0.25, 0.3) is 5.56 Å². The number of rotatable bonds is 6. The quantitative estimate of drug-likeness (QED) is 0.342. The first-order valence-electron chi connectivity index (χ1n) is 10.8. The molecule has 0 aliphatic carbocycles. The minimum Gasteiger partial charge on any atom is -0.332 e. The number of hydrogen-bond acceptors (Lipinski definition) is 6. The number of fused-ring (bicyclic) bond motifs is 2. The number of sulfone groups is 1. The topological polar surface area (TPSA) is 111 Å². The first kappa shape index (κ1) is 23.9. The lowest BCUT2D eigenvalue weighted by Gasteiger charge is -2.13. The second-order valence-corrected chi connectivity index (χ2v) is 11.5. The highest BCUT2D eigenvalue weighted by Crippen LogP contribution is 2.31. The molecule has 3 aromatic heterocycles. The number of carbonyl (C=O) groups excluding carboxylic acids is 1. The SMILES string of the molecule is Cc1ccc2c(c1)c(-n1c(=O)[nH]c3cscc3c1=O)c(C(=O)CS(C)(=O)=O)n2Cc1ccccc1F. The van der Waals surface area contributed by atoms with Gasteiger partial charge in [0.15, 0.2) is 15.6 Å². The number of aryl methyl sites for hydroxylation is 1. The van der Waals surface area contributed by atoms with E-state index in [2.05, 4.69) is 4.98 Å². The van der Waals surface area contributed by atoms with Gasteiger partial charge in [-0.3, -0.25) is 9.59 Å². The summed E-state index contributed by atoms with van der Waals surface area (Å²) in [6, 6.07) is 11.2. The highest BCUT2D eigenvalue weighted by molar-refractivity contribution is 7.91. The van der Waals surface area contributed by atoms with E-state index in [4.69, 9.17) is 0 Å². The van der Waals surface area contributed by atoms with Crippen molar-refractivity contribution in [3.05, 3.63) is 96.7 Å². The normalized spacial score (nSPS) is 12.0. The summed E-state index contributed by atoms with van der Waals surface area (Å²) >= 11 is 1.24. The molecule has 8 nitrogen and oxygen atoms in total. The summed E-state index contributed by atoms with van der Waals surface area (Å²) in [6.45, 7) is 1.69. The smallest absolute Gasteiger partial charge is 0.332 e. The van der Waals surface area contributed by atoms with Gasteiger partial charge in [-0.2, -0.15) is 0 Å². The number of ketones is 1. The fraction of sp³-hybridized carbons (Fsp3) is 0.160. The molecular weight excluding hydrogens is 505 g/mol. The van der Waals surface area contributed by atoms with Gasteiger partial charge in [-0.1, -0.05) is 29.8 Å². The second kappa shape index (κ2) is 8.68. The average molecular weight is 526 g/mol. The molecule has 0 unspecified atom stereocenters. The lowest BCUT2D eigenvalue weighted by atomic mass is 10.1. The van der Waals surface area contributed by atoms with Crippen LogP contribution >= 0.6 is 11.3 Å². The van der Waals surface area contributed by atoms with Gasteiger partial charge in [0.2, 0.25) is 0 Å². The summed E-state index contributed by atoms with van der Waals surface area (Å²) in [5.74, 6) is -2.17. The lowest BCUT2D eigenvalue weighted by Crippen LogP contribution is -2.34. The Labute approximate surface area is 208 Å². The van der Waals surface area contributed by atoms with Crippen LogP contribution in [-0.2, 0) is 16.4 Å². The second-order valence-electron chi connectivity index (χ2n) is 8.66. The molecule has 0 saturated carbocycles. The monoisotopic (exact) mass is 525 g/mol. The predicted octanol–water partition coefficient (Wildman–Crippen LogP) is 3.42. The zero-order valence-corrected chi connectivity index (χ0v) is 20.9. The maximum Gasteiger partial charge on any atom is 0.333 e. The number of halogens is 1. The van der Waals surface area contributed by atoms with E-state index in [0.29, 0.717) is 16.4 Å². The van der Waals surface area contributed by atoms with Crippen LogP contribution in [0, 0.1) is 12.7 Å². The van der Waals surface area contributed by atoms with Crippen molar-refractivity contribution < 1.29 is 17.6 Å². The van der Waals surface area contributed by atoms with Gasteiger partial charge in [0, 0.05) is 28.0 Å². The molecule has 0 atom stereocenters. The number of Topliss-reactive ketones (excluding diaryl/α,β-unsaturated/α-hetero) is 1. The van der Waals surface area contributed by atoms with Crippen molar-refractivity contribution in [1.82, 2.24) is 14.1 Å². The van der Waals surface area contributed by atoms with Gasteiger partial charge in [-0.05, 0) is 25.1 Å². The minimum atomic E-state index is -3.77. The molecule has 1 N–H and O–H groups in total. The zero-order valence-electron chi connectivity index (χ0n) is 19.2. The van der Waals surface area contributed by atoms with Crippen molar-refractivity contribution in [2.24, 2.45) is 0 Å². The molecule has 0 saturated heterocycles. The number of aromatic nitrogens is 3. The molecule has 184 valence electrons. The molecule has 0 bridgehead atoms. The highest BCUT2D eigenvalue weighted by Gasteiger charge is 2.29. The van der Waals surface area contributed by atoms with Crippen LogP contribution in [0.15, 0.2) is 62.8 Å². The molecule has 2 aromatic carbocycles. The van der Waals surface area contributed by atoms with Crippen molar-refractivity contribution in [2.45, 2.75) is 13.5 Å². The summed E-state index contributed by atoms with van der Waals surface area (Å²) in [4.78, 5) is 42.8. The Balaban J connectivity index is 1.93. The third-order valence-corrected chi connectivity index (χ3v) is 7.43. The zero-order chi connectivity index (χ0) is 25.8. The fourth-order valence-electron chi connectivity index (χ4n) is 4.37. The van der Waals surface area contributed by atoms with Crippen LogP contribution in [0.1, 0.15) is 21.6 Å². The molecule has 0 fully saturated rings. The van der Waals surface area contributed by atoms with Crippen LogP contribution in [0.25, 0.3) is 27.5 Å². The number of nitrogens with zero attached hydrogens (tertiary/aromatic N) is 2. The molecular formula is C25H20FN3O5S2. The van der Waals surface area contributed by atoms with Crippen molar-refractivity contribution in [3.8, 4) is 5.69 Å². The first-order valence-corrected chi connectivity index (χ1v) is 13.8. The third-order valence-electron chi connectivity index (χ3n) is 5.90. The van der Waals surface area contributed by atoms with Gasteiger partial charge in [0.1, 0.15) is 17.3 Å². The molecule has 0 amide bonds. The van der Waals surface area contributed by atoms with E-state index in [9.17, 15) is 27.2 Å². The summed E-state index contributed by atoms with van der Waals surface area (Å²) in [5.41, 5.74) is 0.249. The van der Waals surface area contributed by atoms with E-state index in [1.807, 2.05) is 6.92 Å². The number of hydrogen-bond donors (Lipinski definition) is 1. The first-order chi connectivity index (χ1) is 17.0. The Hall–Kier alpha value is -3.83. The van der Waals surface area contributed by atoms with Crippen molar-refractivity contribution in [2.75, 3.05) is 12.0 Å². The molecule has 5 aromatic rings. The van der Waals surface area contributed by atoms with E-state index >= 15 is 0 Å². The Morgan fingerprint density at radius 2 is 1.83 bits per heavy atom. The number of thiophene rings is 1. The predicted molar refractivity (Wildman–Crippen MR) is 138 cm³/mol. The van der Waals surface area contributed by atoms with Crippen LogP contribution in [0.4, 0.5) is 4.39 Å². The van der Waals surface area contributed by atoms with Crippen LogP contribution in [-0.4, -0.2) is 40.3 Å². The Bertz CT molecular complexity index is 1910. The molecule has 0 spiro atoms. The van der Waals surface area contributed by atoms with E-state index in [1.165, 1.54) is 28.0 Å². The van der Waals surface area contributed by atoms with Gasteiger partial charge in [0.05, 0.1) is 28.7 Å². The number of nitrogens with one attached hydrogen (secondary N) is 1. The summed E-state index contributed by atoms with van der Waals surface area (Å²) in [5, 5.41) is 3.87. The number of carbonyl (C=O) groups is 1. The maximum absolute atomic E-state index is 14.6. The van der Waals surface area contributed by atoms with Gasteiger partial charge < -0.3 is 9.55 Å². The van der Waals surface area contributed by atoms with Crippen LogP contribution in [0.2, 0.25) is 0 Å². The van der Waals surface area contributed by atoms with Crippen molar-refractivity contribution >= 4 is 48.8 Å². The van der Waals surface area contributed by atoms with Gasteiger partial charge in [-0.15, -0.1) is 11.3 Å². The molecule has 5 rings (SSSR count). The Kier molecular flexibility index (Phi) is 5.76. The largest absolute Gasteiger partial charge is 0.333 e. The summed E-state index contributed by atoms with van der Waals surface area (Å²) < 4.78 is 41.2. The minimum absolute atomic E-state index is 0.0296. The fourth-order valence-corrected chi connectivity index (χ4v) is 5.74. The van der Waals surface area contributed by atoms with Crippen LogP contribution < -0.4 is 11.2 Å². The standard InChI is InChI=1S/C25H20FN3O5S2/c1-14-7-8-20-16(9-14)22(29-24(31)17-11-35-12-19(17)27-25(29)32)23(21(30)13-36(2,33)34)28(20)10-15-5-3-4-6-18(15)26/h3-9,11-12H,10,13H2,1-2H3,(H,27,32). The van der Waals surface area contributed by atoms with E-state index in [1.54, 1.807) is 41.1 Å². The number of benzene rings is 2. The van der Waals surface area contributed by atoms with E-state index in [-0.39, 0.29) is 28.9 Å². The maximum atomic E-state index is 14.6. The lowest BCUT2D eigenvalue weighted by molar-refractivity contribution is 0.101. The van der Waals surface area contributed by atoms with Gasteiger partial charge in [-0.25, -0.2) is 22.2 Å². The average Bonchev–Trinajstić information content (AvgIpc) is 3.37. The van der Waals surface area contributed by atoms with Gasteiger partial charge >= 0.3 is 5.69 Å². The Morgan fingerprint density at radius 1 is 1.08 bits per heavy atom. The van der Waals surface area contributed by atoms with Crippen molar-refractivity contribution in [3.63, 3.8) is 0 Å². The Morgan fingerprint density at radius 3 is 2.56 bits per heavy atom. The van der Waals surface area contributed by atoms with Crippen LogP contribution in [0.5, 0.6) is 0 Å². The molecule has 3 heterocycles. The van der Waals surface area contributed by atoms with Crippen molar-refractivity contribution in [1.29, 1.82) is 0 Å². The molecule has 0 aliphatic heterocycles. The number of H-pyrrole nitrogens is 1. The van der Waals surface area contributed by atoms with E-state index in [0.717, 1.165) is 16.4 Å². The van der Waals surface area contributed by atoms with E-state index < -0.39 is 38.4 Å². The summed E-state index contributed by atoms with van der Waals surface area (Å²) in [7, 11) is -3.77. The van der Waals surface area contributed by atoms with Crippen LogP contribution in [0.3, 0.4) is 0 Å². The highest BCUT2D eigenvalue weighted by atomic mass is 32.2. The molecule has 11 heteroatoms. The molecule has 0 aliphatic rings. The molecule has 36 heavy (non-hydrogen) atoms. The number of aromatic amines is 1.